The van der Waals surface area contributed by atoms with Crippen molar-refractivity contribution in [3.8, 4) is 0 Å². The highest BCUT2D eigenvalue weighted by atomic mass is 35.5. The SMILES string of the molecule is O=C(O)c1ccc(CN(CCCC2(C(=O)O)CCC2)CC(OCc2ccc(CCc3ccccc3)s2)c2cccc(Cl)c2)cc1. The lowest BCUT2D eigenvalue weighted by molar-refractivity contribution is -0.155. The third kappa shape index (κ3) is 9.27. The lowest BCUT2D eigenvalue weighted by Gasteiger charge is -2.38. The highest BCUT2D eigenvalue weighted by Gasteiger charge is 2.43. The monoisotopic (exact) mass is 645 g/mol. The van der Waals surface area contributed by atoms with E-state index < -0.39 is 17.4 Å². The number of hydrogen-bond acceptors (Lipinski definition) is 5. The van der Waals surface area contributed by atoms with Crippen LogP contribution in [-0.4, -0.2) is 40.1 Å². The quantitative estimate of drug-likeness (QED) is 0.119. The van der Waals surface area contributed by atoms with Gasteiger partial charge in [-0.1, -0.05) is 72.6 Å². The summed E-state index contributed by atoms with van der Waals surface area (Å²) in [6.45, 7) is 2.32. The third-order valence-corrected chi connectivity index (χ3v) is 10.1. The summed E-state index contributed by atoms with van der Waals surface area (Å²) in [4.78, 5) is 28.2. The number of carbonyl (C=O) groups is 2. The largest absolute Gasteiger partial charge is 0.481 e. The summed E-state index contributed by atoms with van der Waals surface area (Å²) in [6.07, 6.45) is 5.54. The van der Waals surface area contributed by atoms with Gasteiger partial charge in [-0.25, -0.2) is 4.79 Å². The van der Waals surface area contributed by atoms with Gasteiger partial charge in [0.2, 0.25) is 0 Å². The van der Waals surface area contributed by atoms with Gasteiger partial charge in [-0.2, -0.15) is 0 Å². The van der Waals surface area contributed by atoms with Crippen molar-refractivity contribution >= 4 is 34.9 Å². The first kappa shape index (κ1) is 32.9. The number of benzene rings is 3. The van der Waals surface area contributed by atoms with E-state index in [1.807, 2.05) is 42.5 Å². The topological polar surface area (TPSA) is 87.1 Å². The summed E-state index contributed by atoms with van der Waals surface area (Å²) in [5.74, 6) is -1.65. The van der Waals surface area contributed by atoms with E-state index >= 15 is 0 Å². The molecule has 0 amide bonds. The van der Waals surface area contributed by atoms with Gasteiger partial charge >= 0.3 is 11.9 Å². The maximum absolute atomic E-state index is 12.0. The van der Waals surface area contributed by atoms with Gasteiger partial charge in [0.1, 0.15) is 0 Å². The molecule has 2 N–H and O–H groups in total. The fourth-order valence-electron chi connectivity index (χ4n) is 5.99. The van der Waals surface area contributed by atoms with E-state index in [1.54, 1.807) is 23.5 Å². The van der Waals surface area contributed by atoms with Gasteiger partial charge in [0.25, 0.3) is 0 Å². The molecule has 0 aliphatic heterocycles. The minimum atomic E-state index is -0.955. The van der Waals surface area contributed by atoms with Crippen molar-refractivity contribution in [1.29, 1.82) is 0 Å². The Morgan fingerprint density at radius 1 is 0.889 bits per heavy atom. The van der Waals surface area contributed by atoms with Crippen molar-refractivity contribution < 1.29 is 24.5 Å². The Bertz CT molecular complexity index is 1550. The molecular formula is C37H40ClNO5S. The summed E-state index contributed by atoms with van der Waals surface area (Å²) < 4.78 is 6.62. The first-order valence-electron chi connectivity index (χ1n) is 15.6. The number of ether oxygens (including phenoxy) is 1. The molecule has 45 heavy (non-hydrogen) atoms. The van der Waals surface area contributed by atoms with Crippen LogP contribution in [0.15, 0.2) is 91.0 Å². The number of halogens is 1. The van der Waals surface area contributed by atoms with Crippen molar-refractivity contribution in [3.05, 3.63) is 128 Å². The van der Waals surface area contributed by atoms with Gasteiger partial charge in [-0.05, 0) is 98.2 Å². The number of hydrogen-bond donors (Lipinski definition) is 2. The van der Waals surface area contributed by atoms with Gasteiger partial charge in [0.15, 0.2) is 0 Å². The number of thiophene rings is 1. The van der Waals surface area contributed by atoms with Crippen LogP contribution in [0.4, 0.5) is 0 Å². The van der Waals surface area contributed by atoms with Crippen molar-refractivity contribution in [2.24, 2.45) is 5.41 Å². The molecule has 1 fully saturated rings. The number of carboxylic acids is 2. The second kappa shape index (κ2) is 15.7. The maximum Gasteiger partial charge on any atom is 0.335 e. The van der Waals surface area contributed by atoms with Crippen LogP contribution >= 0.6 is 22.9 Å². The predicted octanol–water partition coefficient (Wildman–Crippen LogP) is 8.68. The van der Waals surface area contributed by atoms with E-state index in [2.05, 4.69) is 41.3 Å². The van der Waals surface area contributed by atoms with E-state index in [4.69, 9.17) is 16.3 Å². The van der Waals surface area contributed by atoms with Gasteiger partial charge in [0.05, 0.1) is 23.7 Å². The van der Waals surface area contributed by atoms with Crippen LogP contribution in [0.2, 0.25) is 5.02 Å². The third-order valence-electron chi connectivity index (χ3n) is 8.79. The highest BCUT2D eigenvalue weighted by molar-refractivity contribution is 7.11. The van der Waals surface area contributed by atoms with E-state index in [1.165, 1.54) is 10.4 Å². The molecule has 1 heterocycles. The van der Waals surface area contributed by atoms with Crippen LogP contribution in [0.25, 0.3) is 0 Å². The molecule has 236 valence electrons. The second-order valence-corrected chi connectivity index (χ2v) is 13.7. The second-order valence-electron chi connectivity index (χ2n) is 12.0. The summed E-state index contributed by atoms with van der Waals surface area (Å²) in [5, 5.41) is 19.8. The Morgan fingerprint density at radius 2 is 1.64 bits per heavy atom. The van der Waals surface area contributed by atoms with Crippen molar-refractivity contribution in [1.82, 2.24) is 4.90 Å². The van der Waals surface area contributed by atoms with Crippen LogP contribution in [0.5, 0.6) is 0 Å². The number of aryl methyl sites for hydroxylation is 2. The summed E-state index contributed by atoms with van der Waals surface area (Å²) in [7, 11) is 0. The van der Waals surface area contributed by atoms with Gasteiger partial charge < -0.3 is 14.9 Å². The smallest absolute Gasteiger partial charge is 0.335 e. The van der Waals surface area contributed by atoms with E-state index in [-0.39, 0.29) is 11.7 Å². The predicted molar refractivity (Wildman–Crippen MR) is 179 cm³/mol. The zero-order valence-electron chi connectivity index (χ0n) is 25.4. The zero-order chi connectivity index (χ0) is 31.6. The molecule has 0 saturated heterocycles. The molecule has 1 saturated carbocycles. The molecule has 0 bridgehead atoms. The first-order chi connectivity index (χ1) is 21.8. The molecule has 3 aromatic carbocycles. The zero-order valence-corrected chi connectivity index (χ0v) is 26.9. The average molecular weight is 646 g/mol. The Labute approximate surface area is 274 Å². The molecule has 4 aromatic rings. The first-order valence-corrected chi connectivity index (χ1v) is 16.8. The summed E-state index contributed by atoms with van der Waals surface area (Å²) in [6, 6.07) is 29.5. The van der Waals surface area contributed by atoms with Crippen LogP contribution in [0, 0.1) is 5.41 Å². The maximum atomic E-state index is 12.0. The van der Waals surface area contributed by atoms with Gasteiger partial charge in [-0.3, -0.25) is 9.69 Å². The van der Waals surface area contributed by atoms with Crippen LogP contribution in [-0.2, 0) is 35.5 Å². The molecule has 1 aliphatic carbocycles. The molecule has 6 nitrogen and oxygen atoms in total. The molecule has 1 atom stereocenters. The Balaban J connectivity index is 1.29. The number of nitrogens with zero attached hydrogens (tertiary/aromatic N) is 1. The minimum Gasteiger partial charge on any atom is -0.481 e. The fraction of sp³-hybridized carbons (Fsp3) is 0.351. The molecule has 8 heteroatoms. The lowest BCUT2D eigenvalue weighted by Crippen LogP contribution is -2.39. The highest BCUT2D eigenvalue weighted by Crippen LogP contribution is 2.45. The number of carboxylic acid groups (broad SMARTS) is 2. The van der Waals surface area contributed by atoms with Gasteiger partial charge in [0, 0.05) is 27.9 Å². The number of aliphatic carboxylic acids is 1. The van der Waals surface area contributed by atoms with E-state index in [0.29, 0.717) is 37.7 Å². The van der Waals surface area contributed by atoms with Gasteiger partial charge in [-0.15, -0.1) is 11.3 Å². The molecule has 1 aliphatic rings. The molecule has 0 radical (unpaired) electrons. The Hall–Kier alpha value is -3.49. The average Bonchev–Trinajstić information content (AvgIpc) is 3.47. The minimum absolute atomic E-state index is 0.248. The van der Waals surface area contributed by atoms with Crippen LogP contribution in [0.1, 0.15) is 75.0 Å². The van der Waals surface area contributed by atoms with Crippen LogP contribution in [0.3, 0.4) is 0 Å². The number of rotatable bonds is 17. The molecule has 0 spiro atoms. The summed E-state index contributed by atoms with van der Waals surface area (Å²) >= 11 is 8.19. The molecule has 5 rings (SSSR count). The van der Waals surface area contributed by atoms with E-state index in [0.717, 1.165) is 54.5 Å². The normalized spacial score (nSPS) is 14.6. The molecule has 1 aromatic heterocycles. The van der Waals surface area contributed by atoms with E-state index in [9.17, 15) is 19.8 Å². The van der Waals surface area contributed by atoms with Crippen molar-refractivity contribution in [3.63, 3.8) is 0 Å². The van der Waals surface area contributed by atoms with Crippen molar-refractivity contribution in [2.45, 2.75) is 64.2 Å². The molecular weight excluding hydrogens is 606 g/mol. The molecule has 1 unspecified atom stereocenters. The number of aromatic carboxylic acids is 1. The summed E-state index contributed by atoms with van der Waals surface area (Å²) in [5.41, 5.74) is 2.94. The fourth-order valence-corrected chi connectivity index (χ4v) is 7.12. The lowest BCUT2D eigenvalue weighted by atomic mass is 9.66. The Morgan fingerprint density at radius 3 is 2.31 bits per heavy atom. The van der Waals surface area contributed by atoms with Crippen molar-refractivity contribution in [2.75, 3.05) is 13.1 Å². The Kier molecular flexibility index (Phi) is 11.5. The standard InChI is InChI=1S/C37H40ClNO5S/c38-31-10-4-9-30(23-31)34(44-26-33-18-17-32(45-33)16-13-27-7-2-1-3-8-27)25-39(22-6-21-37(36(42)43)19-5-20-37)24-28-11-14-29(15-12-28)35(40)41/h1-4,7-12,14-15,17-18,23,34H,5-6,13,16,19-22,24-26H2,(H,40,41)(H,42,43). The van der Waals surface area contributed by atoms with Crippen LogP contribution < -0.4 is 0 Å².